The van der Waals surface area contributed by atoms with Crippen LogP contribution in [0.2, 0.25) is 0 Å². The fourth-order valence-electron chi connectivity index (χ4n) is 3.53. The van der Waals surface area contributed by atoms with E-state index >= 15 is 0 Å². The number of likely N-dealkylation sites (tertiary alicyclic amines) is 1. The van der Waals surface area contributed by atoms with Gasteiger partial charge in [-0.05, 0) is 44.1 Å². The number of ether oxygens (including phenoxy) is 1. The Morgan fingerprint density at radius 1 is 1.24 bits per heavy atom. The Labute approximate surface area is 166 Å². The zero-order chi connectivity index (χ0) is 20.4. The van der Waals surface area contributed by atoms with Gasteiger partial charge < -0.3 is 14.6 Å². The molecule has 0 spiro atoms. The summed E-state index contributed by atoms with van der Waals surface area (Å²) in [5, 5.41) is 9.18. The van der Waals surface area contributed by atoms with Crippen LogP contribution in [-0.2, 0) is 9.53 Å². The topological polar surface area (TPSA) is 109 Å². The molecule has 1 fully saturated rings. The molecule has 0 aliphatic carbocycles. The number of nitrogens with zero attached hydrogens (tertiary/aromatic N) is 3. The summed E-state index contributed by atoms with van der Waals surface area (Å²) in [5.74, 6) is -0.664. The lowest BCUT2D eigenvalue weighted by Crippen LogP contribution is -2.30. The van der Waals surface area contributed by atoms with Crippen LogP contribution in [0.3, 0.4) is 0 Å². The molecule has 9 nitrogen and oxygen atoms in total. The molecular weight excluding hydrogens is 374 g/mol. The number of carbonyl (C=O) groups excluding carboxylic acids is 2. The van der Waals surface area contributed by atoms with Crippen LogP contribution >= 0.6 is 0 Å². The van der Waals surface area contributed by atoms with Crippen molar-refractivity contribution in [2.75, 3.05) is 32.1 Å². The number of rotatable bonds is 5. The van der Waals surface area contributed by atoms with Crippen LogP contribution in [0, 0.1) is 0 Å². The number of amides is 1. The van der Waals surface area contributed by atoms with E-state index in [9.17, 15) is 14.4 Å². The maximum atomic E-state index is 12.3. The Hall–Kier alpha value is -3.46. The number of nitrogens with one attached hydrogen (secondary N) is 2. The highest BCUT2D eigenvalue weighted by atomic mass is 16.5. The Kier molecular flexibility index (Phi) is 5.13. The van der Waals surface area contributed by atoms with Crippen molar-refractivity contribution >= 4 is 17.6 Å². The van der Waals surface area contributed by atoms with Crippen molar-refractivity contribution in [2.24, 2.45) is 0 Å². The van der Waals surface area contributed by atoms with Gasteiger partial charge in [-0.15, -0.1) is 0 Å². The second kappa shape index (κ2) is 7.88. The summed E-state index contributed by atoms with van der Waals surface area (Å²) in [6.45, 7) is 2.26. The molecule has 0 bridgehead atoms. The molecule has 2 N–H and O–H groups in total. The van der Waals surface area contributed by atoms with Gasteiger partial charge in [0.15, 0.2) is 0 Å². The van der Waals surface area contributed by atoms with Crippen LogP contribution in [-0.4, -0.2) is 58.3 Å². The third-order valence-corrected chi connectivity index (χ3v) is 4.96. The molecular formula is C20H21N5O4. The number of methoxy groups -OCH3 is 1. The molecule has 3 heterocycles. The van der Waals surface area contributed by atoms with Gasteiger partial charge in [-0.25, -0.2) is 9.89 Å². The summed E-state index contributed by atoms with van der Waals surface area (Å²) in [4.78, 5) is 38.6. The fraction of sp³-hybridized carbons (Fsp3) is 0.300. The van der Waals surface area contributed by atoms with E-state index in [2.05, 4.69) is 20.4 Å². The normalized spacial score (nSPS) is 14.2. The SMILES string of the molecule is COC(=O)c1cn(-c2cccc(NC(=O)CN3CCCC3)c2)cc2c(=O)[nH]nc1-2. The number of pyridine rings is 1. The first-order valence-electron chi connectivity index (χ1n) is 9.36. The Bertz CT molecular complexity index is 1080. The molecule has 1 amide bonds. The van der Waals surface area contributed by atoms with Crippen molar-refractivity contribution < 1.29 is 14.3 Å². The first-order chi connectivity index (χ1) is 14.0. The quantitative estimate of drug-likeness (QED) is 0.634. The van der Waals surface area contributed by atoms with Crippen LogP contribution in [0.4, 0.5) is 5.69 Å². The average molecular weight is 395 g/mol. The van der Waals surface area contributed by atoms with Gasteiger partial charge in [0.2, 0.25) is 5.91 Å². The van der Waals surface area contributed by atoms with Crippen LogP contribution in [0.5, 0.6) is 0 Å². The standard InChI is InChI=1S/C20H21N5O4/c1-29-20(28)16-11-25(10-15-18(16)22-23-19(15)27)14-6-4-5-13(9-14)21-17(26)12-24-7-2-3-8-24/h4-6,9-11H,2-3,7-8,12H2,1H3,(H,21,26)(H,23,27). The van der Waals surface area contributed by atoms with Crippen molar-refractivity contribution in [2.45, 2.75) is 12.8 Å². The number of fused-ring (bicyclic) bond motifs is 1. The van der Waals surface area contributed by atoms with Gasteiger partial charge in [0.25, 0.3) is 5.56 Å². The first kappa shape index (κ1) is 18.9. The number of aromatic amines is 1. The van der Waals surface area contributed by atoms with Crippen molar-refractivity contribution in [3.8, 4) is 16.9 Å². The number of anilines is 1. The van der Waals surface area contributed by atoms with Gasteiger partial charge in [0, 0.05) is 23.8 Å². The van der Waals surface area contributed by atoms with Crippen LogP contribution in [0.1, 0.15) is 23.2 Å². The van der Waals surface area contributed by atoms with Crippen molar-refractivity contribution in [1.82, 2.24) is 19.7 Å². The molecule has 4 rings (SSSR count). The molecule has 3 aliphatic heterocycles. The summed E-state index contributed by atoms with van der Waals surface area (Å²) >= 11 is 0. The third-order valence-electron chi connectivity index (χ3n) is 4.96. The molecule has 0 saturated carbocycles. The van der Waals surface area contributed by atoms with E-state index in [1.54, 1.807) is 35.2 Å². The average Bonchev–Trinajstić information content (AvgIpc) is 3.37. The number of aromatic nitrogens is 3. The van der Waals surface area contributed by atoms with Gasteiger partial charge in [-0.2, -0.15) is 5.10 Å². The van der Waals surface area contributed by atoms with Crippen LogP contribution in [0.15, 0.2) is 41.5 Å². The van der Waals surface area contributed by atoms with E-state index in [4.69, 9.17) is 4.74 Å². The fourth-order valence-corrected chi connectivity index (χ4v) is 3.53. The Morgan fingerprint density at radius 3 is 2.79 bits per heavy atom. The molecule has 0 unspecified atom stereocenters. The van der Waals surface area contributed by atoms with Crippen LogP contribution in [0.25, 0.3) is 16.9 Å². The summed E-state index contributed by atoms with van der Waals surface area (Å²) < 4.78 is 6.45. The molecule has 1 aromatic rings. The van der Waals surface area contributed by atoms with Gasteiger partial charge in [-0.3, -0.25) is 14.5 Å². The zero-order valence-corrected chi connectivity index (χ0v) is 16.0. The Balaban J connectivity index is 1.64. The summed E-state index contributed by atoms with van der Waals surface area (Å²) in [7, 11) is 1.27. The number of H-pyrrole nitrogens is 1. The molecule has 0 radical (unpaired) electrons. The van der Waals surface area contributed by atoms with Gasteiger partial charge in [-0.1, -0.05) is 6.07 Å². The summed E-state index contributed by atoms with van der Waals surface area (Å²) in [6, 6.07) is 7.18. The number of hydrogen-bond acceptors (Lipinski definition) is 6. The smallest absolute Gasteiger partial charge is 0.341 e. The number of carbonyl (C=O) groups is 2. The second-order valence-electron chi connectivity index (χ2n) is 6.97. The van der Waals surface area contributed by atoms with Crippen molar-refractivity contribution in [3.63, 3.8) is 0 Å². The molecule has 150 valence electrons. The van der Waals surface area contributed by atoms with Gasteiger partial charge in [0.05, 0.1) is 19.2 Å². The lowest BCUT2D eigenvalue weighted by atomic mass is 10.1. The molecule has 1 saturated heterocycles. The van der Waals surface area contributed by atoms with E-state index in [-0.39, 0.29) is 22.7 Å². The number of benzene rings is 1. The van der Waals surface area contributed by atoms with E-state index in [0.29, 0.717) is 17.9 Å². The van der Waals surface area contributed by atoms with Crippen LogP contribution < -0.4 is 10.9 Å². The molecule has 29 heavy (non-hydrogen) atoms. The third kappa shape index (κ3) is 3.90. The summed E-state index contributed by atoms with van der Waals surface area (Å²) in [6.07, 6.45) is 5.40. The van der Waals surface area contributed by atoms with Gasteiger partial charge in [0.1, 0.15) is 11.3 Å². The molecule has 0 atom stereocenters. The minimum absolute atomic E-state index is 0.0727. The minimum atomic E-state index is -0.592. The lowest BCUT2D eigenvalue weighted by molar-refractivity contribution is -0.117. The number of hydrogen-bond donors (Lipinski definition) is 2. The van der Waals surface area contributed by atoms with Crippen molar-refractivity contribution in [1.29, 1.82) is 0 Å². The first-order valence-corrected chi connectivity index (χ1v) is 9.36. The van der Waals surface area contributed by atoms with E-state index in [1.165, 1.54) is 7.11 Å². The predicted octanol–water partition coefficient (Wildman–Crippen LogP) is 1.49. The highest BCUT2D eigenvalue weighted by Gasteiger charge is 2.22. The second-order valence-corrected chi connectivity index (χ2v) is 6.97. The number of esters is 1. The molecule has 0 aromatic heterocycles. The monoisotopic (exact) mass is 395 g/mol. The largest absolute Gasteiger partial charge is 0.465 e. The molecule has 3 aliphatic rings. The molecule has 1 aromatic carbocycles. The van der Waals surface area contributed by atoms with Crippen molar-refractivity contribution in [3.05, 3.63) is 52.6 Å². The van der Waals surface area contributed by atoms with E-state index < -0.39 is 11.5 Å². The minimum Gasteiger partial charge on any atom is -0.465 e. The highest BCUT2D eigenvalue weighted by Crippen LogP contribution is 2.24. The maximum absolute atomic E-state index is 12.3. The maximum Gasteiger partial charge on any atom is 0.341 e. The predicted molar refractivity (Wildman–Crippen MR) is 106 cm³/mol. The van der Waals surface area contributed by atoms with E-state index in [1.807, 2.05) is 6.07 Å². The highest BCUT2D eigenvalue weighted by molar-refractivity contribution is 5.96. The molecule has 9 heteroatoms. The lowest BCUT2D eigenvalue weighted by Gasteiger charge is -2.15. The summed E-state index contributed by atoms with van der Waals surface area (Å²) in [5.41, 5.74) is 1.62. The zero-order valence-electron chi connectivity index (χ0n) is 16.0. The van der Waals surface area contributed by atoms with Gasteiger partial charge >= 0.3 is 5.97 Å². The van der Waals surface area contributed by atoms with E-state index in [0.717, 1.165) is 25.9 Å². The Morgan fingerprint density at radius 2 is 2.03 bits per heavy atom.